The third-order valence-electron chi connectivity index (χ3n) is 1.81. The summed E-state index contributed by atoms with van der Waals surface area (Å²) >= 11 is 0. The van der Waals surface area contributed by atoms with E-state index in [4.69, 9.17) is 9.47 Å². The van der Waals surface area contributed by atoms with E-state index in [0.29, 0.717) is 0 Å². The fraction of sp³-hybridized carbons (Fsp3) is 0.667. The molecule has 2 nitrogen and oxygen atoms in total. The first-order chi connectivity index (χ1) is 6.91. The van der Waals surface area contributed by atoms with Crippen LogP contribution in [0.5, 0.6) is 0 Å². The van der Waals surface area contributed by atoms with Crippen LogP contribution in [0.4, 0.5) is 0 Å². The molecule has 0 aromatic heterocycles. The Morgan fingerprint density at radius 2 is 1.00 bits per heavy atom. The fourth-order valence-corrected chi connectivity index (χ4v) is 1.04. The van der Waals surface area contributed by atoms with Crippen LogP contribution >= 0.6 is 0 Å². The second-order valence-electron chi connectivity index (χ2n) is 3.08. The number of hydrogen-bond acceptors (Lipinski definition) is 2. The van der Waals surface area contributed by atoms with E-state index < -0.39 is 0 Å². The quantitative estimate of drug-likeness (QED) is 0.419. The van der Waals surface area contributed by atoms with Crippen LogP contribution in [-0.2, 0) is 9.47 Å². The molecule has 0 aliphatic heterocycles. The molecule has 0 fully saturated rings. The van der Waals surface area contributed by atoms with E-state index in [-0.39, 0.29) is 0 Å². The zero-order valence-electron chi connectivity index (χ0n) is 9.37. The molecule has 0 unspecified atom stereocenters. The maximum absolute atomic E-state index is 4.93. The van der Waals surface area contributed by atoms with E-state index in [1.807, 2.05) is 0 Å². The van der Waals surface area contributed by atoms with Gasteiger partial charge in [0.25, 0.3) is 0 Å². The second-order valence-corrected chi connectivity index (χ2v) is 3.08. The average molecular weight is 198 g/mol. The molecule has 0 rings (SSSR count). The normalized spacial score (nSPS) is 11.9. The van der Waals surface area contributed by atoms with Gasteiger partial charge in [-0.1, -0.05) is 24.3 Å². The molecule has 0 aromatic rings. The van der Waals surface area contributed by atoms with Crippen molar-refractivity contribution < 1.29 is 9.47 Å². The Balaban J connectivity index is 3.11. The highest BCUT2D eigenvalue weighted by Crippen LogP contribution is 1.96. The topological polar surface area (TPSA) is 18.5 Å². The van der Waals surface area contributed by atoms with Gasteiger partial charge in [0.1, 0.15) is 0 Å². The molecule has 0 radical (unpaired) electrons. The Labute approximate surface area is 87.6 Å². The van der Waals surface area contributed by atoms with Gasteiger partial charge in [-0.3, -0.25) is 0 Å². The number of ether oxygens (including phenoxy) is 2. The summed E-state index contributed by atoms with van der Waals surface area (Å²) in [6.07, 6.45) is 13.0. The summed E-state index contributed by atoms with van der Waals surface area (Å²) in [5.41, 5.74) is 0. The van der Waals surface area contributed by atoms with Gasteiger partial charge in [0, 0.05) is 27.4 Å². The highest BCUT2D eigenvalue weighted by Gasteiger charge is 1.80. The fourth-order valence-electron chi connectivity index (χ4n) is 1.04. The summed E-state index contributed by atoms with van der Waals surface area (Å²) in [5, 5.41) is 0. The van der Waals surface area contributed by atoms with Gasteiger partial charge in [0.05, 0.1) is 0 Å². The van der Waals surface area contributed by atoms with E-state index in [9.17, 15) is 0 Å². The molecule has 0 amide bonds. The van der Waals surface area contributed by atoms with E-state index in [1.165, 1.54) is 0 Å². The van der Waals surface area contributed by atoms with Gasteiger partial charge in [-0.25, -0.2) is 0 Å². The summed E-state index contributed by atoms with van der Waals surface area (Å²) in [6, 6.07) is 0. The van der Waals surface area contributed by atoms with E-state index in [2.05, 4.69) is 24.3 Å². The molecule has 0 atom stereocenters. The van der Waals surface area contributed by atoms with Crippen molar-refractivity contribution in [3.8, 4) is 0 Å². The molecular formula is C12H22O2. The largest absolute Gasteiger partial charge is 0.384 e. The highest BCUT2D eigenvalue weighted by molar-refractivity contribution is 4.87. The van der Waals surface area contributed by atoms with Gasteiger partial charge in [0.2, 0.25) is 0 Å². The first-order valence-electron chi connectivity index (χ1n) is 5.19. The van der Waals surface area contributed by atoms with Crippen LogP contribution < -0.4 is 0 Å². The Hall–Kier alpha value is -0.600. The Morgan fingerprint density at radius 1 is 0.643 bits per heavy atom. The molecule has 0 spiro atoms. The zero-order valence-corrected chi connectivity index (χ0v) is 9.37. The van der Waals surface area contributed by atoms with Crippen molar-refractivity contribution >= 4 is 0 Å². The van der Waals surface area contributed by atoms with Crippen LogP contribution in [0.2, 0.25) is 0 Å². The van der Waals surface area contributed by atoms with Crippen molar-refractivity contribution in [2.45, 2.75) is 25.7 Å². The molecule has 0 bridgehead atoms. The molecule has 0 aromatic carbocycles. The lowest BCUT2D eigenvalue weighted by Gasteiger charge is -1.92. The standard InChI is InChI=1S/C12H22O2/c1-13-11-9-7-5-3-4-6-8-10-12-14-2/h5-8H,3-4,9-12H2,1-2H3/b7-5+,8-6+. The van der Waals surface area contributed by atoms with Crippen LogP contribution in [0.25, 0.3) is 0 Å². The Morgan fingerprint density at radius 3 is 1.36 bits per heavy atom. The lowest BCUT2D eigenvalue weighted by Crippen LogP contribution is -1.84. The zero-order chi connectivity index (χ0) is 10.5. The predicted molar refractivity (Wildman–Crippen MR) is 60.5 cm³/mol. The minimum Gasteiger partial charge on any atom is -0.384 e. The number of allylic oxidation sites excluding steroid dienone is 2. The lowest BCUT2D eigenvalue weighted by atomic mass is 10.2. The molecule has 0 N–H and O–H groups in total. The van der Waals surface area contributed by atoms with Crippen molar-refractivity contribution in [3.63, 3.8) is 0 Å². The Bertz CT molecular complexity index is 132. The predicted octanol–water partition coefficient (Wildman–Crippen LogP) is 2.95. The van der Waals surface area contributed by atoms with Gasteiger partial charge < -0.3 is 9.47 Å². The van der Waals surface area contributed by atoms with Gasteiger partial charge in [-0.15, -0.1) is 0 Å². The van der Waals surface area contributed by atoms with Crippen LogP contribution in [0.1, 0.15) is 25.7 Å². The number of unbranched alkanes of at least 4 members (excludes halogenated alkanes) is 1. The van der Waals surface area contributed by atoms with Crippen molar-refractivity contribution in [1.29, 1.82) is 0 Å². The number of rotatable bonds is 9. The molecule has 0 aliphatic carbocycles. The summed E-state index contributed by atoms with van der Waals surface area (Å²) < 4.78 is 9.87. The maximum Gasteiger partial charge on any atom is 0.0496 e. The van der Waals surface area contributed by atoms with Crippen LogP contribution in [0.15, 0.2) is 24.3 Å². The average Bonchev–Trinajstić information content (AvgIpc) is 2.21. The summed E-state index contributed by atoms with van der Waals surface area (Å²) in [7, 11) is 3.46. The van der Waals surface area contributed by atoms with Gasteiger partial charge in [-0.05, 0) is 25.7 Å². The summed E-state index contributed by atoms with van der Waals surface area (Å²) in [6.45, 7) is 1.64. The molecule has 14 heavy (non-hydrogen) atoms. The summed E-state index contributed by atoms with van der Waals surface area (Å²) in [5.74, 6) is 0. The highest BCUT2D eigenvalue weighted by atomic mass is 16.5. The molecule has 0 saturated heterocycles. The second kappa shape index (κ2) is 12.4. The third-order valence-corrected chi connectivity index (χ3v) is 1.81. The first kappa shape index (κ1) is 13.4. The Kier molecular flexibility index (Phi) is 11.9. The smallest absolute Gasteiger partial charge is 0.0496 e. The van der Waals surface area contributed by atoms with Crippen molar-refractivity contribution in [1.82, 2.24) is 0 Å². The van der Waals surface area contributed by atoms with Crippen molar-refractivity contribution in [2.24, 2.45) is 0 Å². The van der Waals surface area contributed by atoms with Crippen LogP contribution in [0, 0.1) is 0 Å². The third kappa shape index (κ3) is 11.4. The van der Waals surface area contributed by atoms with Crippen LogP contribution in [-0.4, -0.2) is 27.4 Å². The molecule has 82 valence electrons. The molecule has 0 heterocycles. The SMILES string of the molecule is COCC/C=C/CC/C=C/CCOC. The minimum absolute atomic E-state index is 0.820. The van der Waals surface area contributed by atoms with Crippen LogP contribution in [0.3, 0.4) is 0 Å². The lowest BCUT2D eigenvalue weighted by molar-refractivity contribution is 0.204. The van der Waals surface area contributed by atoms with Gasteiger partial charge >= 0.3 is 0 Å². The monoisotopic (exact) mass is 198 g/mol. The summed E-state index contributed by atoms with van der Waals surface area (Å²) in [4.78, 5) is 0. The van der Waals surface area contributed by atoms with Crippen molar-refractivity contribution in [3.05, 3.63) is 24.3 Å². The van der Waals surface area contributed by atoms with Gasteiger partial charge in [0.15, 0.2) is 0 Å². The van der Waals surface area contributed by atoms with E-state index >= 15 is 0 Å². The maximum atomic E-state index is 4.93. The van der Waals surface area contributed by atoms with E-state index in [0.717, 1.165) is 38.9 Å². The molecule has 0 aliphatic rings. The van der Waals surface area contributed by atoms with Gasteiger partial charge in [-0.2, -0.15) is 0 Å². The van der Waals surface area contributed by atoms with Crippen molar-refractivity contribution in [2.75, 3.05) is 27.4 Å². The number of methoxy groups -OCH3 is 2. The molecule has 0 saturated carbocycles. The molecule has 2 heteroatoms. The van der Waals surface area contributed by atoms with E-state index in [1.54, 1.807) is 14.2 Å². The molecular weight excluding hydrogens is 176 g/mol. The first-order valence-corrected chi connectivity index (χ1v) is 5.19. The minimum atomic E-state index is 0.820. The number of hydrogen-bond donors (Lipinski definition) is 0.